The maximum absolute atomic E-state index is 5.95. The normalized spacial score (nSPS) is 12.3. The van der Waals surface area contributed by atoms with Crippen molar-refractivity contribution in [3.05, 3.63) is 70.2 Å². The first-order chi connectivity index (χ1) is 10.2. The Hall–Kier alpha value is -1.31. The Kier molecular flexibility index (Phi) is 6.28. The summed E-state index contributed by atoms with van der Waals surface area (Å²) in [5.41, 5.74) is 4.12. The minimum atomic E-state index is 0.462. The van der Waals surface area contributed by atoms with Gasteiger partial charge >= 0.3 is 0 Å². The van der Waals surface area contributed by atoms with Gasteiger partial charge in [0.05, 0.1) is 0 Å². The van der Waals surface area contributed by atoms with Crippen LogP contribution in [0.25, 0.3) is 0 Å². The van der Waals surface area contributed by atoms with E-state index in [1.165, 1.54) is 16.7 Å². The van der Waals surface area contributed by atoms with Gasteiger partial charge in [-0.15, -0.1) is 0 Å². The maximum atomic E-state index is 5.95. The number of likely N-dealkylation sites (N-methyl/N-ethyl adjacent to an activating group) is 1. The first-order valence-corrected chi connectivity index (χ1v) is 8.14. The zero-order valence-corrected chi connectivity index (χ0v) is 13.7. The smallest absolute Gasteiger partial charge is 0.0406 e. The Bertz CT molecular complexity index is 530. The molecule has 2 aromatic rings. The Labute approximate surface area is 133 Å². The summed E-state index contributed by atoms with van der Waals surface area (Å²) in [4.78, 5) is 0. The van der Waals surface area contributed by atoms with Crippen molar-refractivity contribution in [3.8, 4) is 0 Å². The van der Waals surface area contributed by atoms with E-state index in [9.17, 15) is 0 Å². The molecule has 2 rings (SSSR count). The molecule has 0 aliphatic carbocycles. The van der Waals surface area contributed by atoms with Crippen LogP contribution in [0.15, 0.2) is 48.5 Å². The molecule has 0 radical (unpaired) electrons. The Morgan fingerprint density at radius 3 is 1.76 bits per heavy atom. The van der Waals surface area contributed by atoms with Crippen LogP contribution in [0, 0.1) is 0 Å². The highest BCUT2D eigenvalue weighted by atomic mass is 35.5. The quantitative estimate of drug-likeness (QED) is 0.784. The molecule has 0 fully saturated rings. The standard InChI is InChI=1S/C19H24ClN/c1-3-15-5-7-16(8-6-15)13-19(21-4-2)14-17-9-11-18(20)12-10-17/h5-12,19,21H,3-4,13-14H2,1-2H3. The van der Waals surface area contributed by atoms with Gasteiger partial charge < -0.3 is 5.32 Å². The summed E-state index contributed by atoms with van der Waals surface area (Å²) in [5.74, 6) is 0. The molecule has 2 aromatic carbocycles. The van der Waals surface area contributed by atoms with E-state index in [0.29, 0.717) is 6.04 Å². The second kappa shape index (κ2) is 8.21. The summed E-state index contributed by atoms with van der Waals surface area (Å²) in [6, 6.07) is 17.6. The van der Waals surface area contributed by atoms with Crippen LogP contribution in [0.5, 0.6) is 0 Å². The molecule has 0 saturated carbocycles. The van der Waals surface area contributed by atoms with Gasteiger partial charge in [-0.05, 0) is 54.6 Å². The van der Waals surface area contributed by atoms with Gasteiger partial charge in [-0.2, -0.15) is 0 Å². The van der Waals surface area contributed by atoms with Gasteiger partial charge in [0, 0.05) is 11.1 Å². The molecule has 0 amide bonds. The van der Waals surface area contributed by atoms with E-state index in [-0.39, 0.29) is 0 Å². The molecule has 1 atom stereocenters. The molecule has 1 N–H and O–H groups in total. The lowest BCUT2D eigenvalue weighted by molar-refractivity contribution is 0.521. The second-order valence-corrected chi connectivity index (χ2v) is 5.90. The van der Waals surface area contributed by atoms with Crippen molar-refractivity contribution in [2.24, 2.45) is 0 Å². The maximum Gasteiger partial charge on any atom is 0.0406 e. The summed E-state index contributed by atoms with van der Waals surface area (Å²) in [7, 11) is 0. The predicted octanol–water partition coefficient (Wildman–Crippen LogP) is 4.67. The lowest BCUT2D eigenvalue weighted by Gasteiger charge is -2.18. The van der Waals surface area contributed by atoms with Gasteiger partial charge in [-0.3, -0.25) is 0 Å². The molecular formula is C19H24ClN. The fraction of sp³-hybridized carbons (Fsp3) is 0.368. The number of hydrogen-bond donors (Lipinski definition) is 1. The molecular weight excluding hydrogens is 278 g/mol. The highest BCUT2D eigenvalue weighted by molar-refractivity contribution is 6.30. The van der Waals surface area contributed by atoms with Crippen molar-refractivity contribution < 1.29 is 0 Å². The largest absolute Gasteiger partial charge is 0.314 e. The first-order valence-electron chi connectivity index (χ1n) is 7.77. The number of aryl methyl sites for hydroxylation is 1. The molecule has 0 aliphatic rings. The summed E-state index contributed by atoms with van der Waals surface area (Å²) in [6.45, 7) is 5.34. The van der Waals surface area contributed by atoms with Crippen molar-refractivity contribution in [1.29, 1.82) is 0 Å². The van der Waals surface area contributed by atoms with Gasteiger partial charge in [-0.25, -0.2) is 0 Å². The Morgan fingerprint density at radius 1 is 0.810 bits per heavy atom. The lowest BCUT2D eigenvalue weighted by atomic mass is 9.98. The number of benzene rings is 2. The SMILES string of the molecule is CCNC(Cc1ccc(Cl)cc1)Cc1ccc(CC)cc1. The second-order valence-electron chi connectivity index (χ2n) is 5.46. The van der Waals surface area contributed by atoms with E-state index in [2.05, 4.69) is 55.6 Å². The van der Waals surface area contributed by atoms with E-state index in [1.54, 1.807) is 0 Å². The molecule has 0 spiro atoms. The molecule has 21 heavy (non-hydrogen) atoms. The molecule has 0 bridgehead atoms. The molecule has 1 unspecified atom stereocenters. The van der Waals surface area contributed by atoms with E-state index in [0.717, 1.165) is 30.8 Å². The van der Waals surface area contributed by atoms with Gasteiger partial charge in [0.1, 0.15) is 0 Å². The third-order valence-electron chi connectivity index (χ3n) is 3.80. The van der Waals surface area contributed by atoms with Crippen molar-refractivity contribution >= 4 is 11.6 Å². The fourth-order valence-electron chi connectivity index (χ4n) is 2.61. The molecule has 2 heteroatoms. The zero-order chi connectivity index (χ0) is 15.1. The molecule has 0 saturated heterocycles. The third-order valence-corrected chi connectivity index (χ3v) is 4.05. The van der Waals surface area contributed by atoms with Gasteiger partial charge in [0.15, 0.2) is 0 Å². The summed E-state index contributed by atoms with van der Waals surface area (Å²) in [5, 5.41) is 4.39. The van der Waals surface area contributed by atoms with Gasteiger partial charge in [-0.1, -0.05) is 61.8 Å². The Morgan fingerprint density at radius 2 is 1.29 bits per heavy atom. The van der Waals surface area contributed by atoms with Crippen molar-refractivity contribution in [1.82, 2.24) is 5.32 Å². The van der Waals surface area contributed by atoms with Gasteiger partial charge in [0.25, 0.3) is 0 Å². The van der Waals surface area contributed by atoms with Crippen LogP contribution in [0.1, 0.15) is 30.5 Å². The predicted molar refractivity (Wildman–Crippen MR) is 92.1 cm³/mol. The van der Waals surface area contributed by atoms with Crippen LogP contribution >= 0.6 is 11.6 Å². The number of hydrogen-bond acceptors (Lipinski definition) is 1. The van der Waals surface area contributed by atoms with Crippen molar-refractivity contribution in [2.45, 2.75) is 39.2 Å². The third kappa shape index (κ3) is 5.18. The van der Waals surface area contributed by atoms with Crippen LogP contribution in [-0.2, 0) is 19.3 Å². The molecule has 1 nitrogen and oxygen atoms in total. The lowest BCUT2D eigenvalue weighted by Crippen LogP contribution is -2.33. The molecule has 0 aromatic heterocycles. The summed E-state index contributed by atoms with van der Waals surface area (Å²) in [6.07, 6.45) is 3.18. The molecule has 0 aliphatic heterocycles. The highest BCUT2D eigenvalue weighted by Crippen LogP contribution is 2.14. The van der Waals surface area contributed by atoms with Crippen LogP contribution in [-0.4, -0.2) is 12.6 Å². The molecule has 0 heterocycles. The topological polar surface area (TPSA) is 12.0 Å². The minimum Gasteiger partial charge on any atom is -0.314 e. The summed E-state index contributed by atoms with van der Waals surface area (Å²) < 4.78 is 0. The average Bonchev–Trinajstić information content (AvgIpc) is 2.50. The van der Waals surface area contributed by atoms with Crippen molar-refractivity contribution in [3.63, 3.8) is 0 Å². The van der Waals surface area contributed by atoms with Gasteiger partial charge in [0.2, 0.25) is 0 Å². The number of halogens is 1. The average molecular weight is 302 g/mol. The summed E-state index contributed by atoms with van der Waals surface area (Å²) >= 11 is 5.95. The highest BCUT2D eigenvalue weighted by Gasteiger charge is 2.09. The van der Waals surface area contributed by atoms with E-state index >= 15 is 0 Å². The monoisotopic (exact) mass is 301 g/mol. The number of rotatable bonds is 7. The van der Waals surface area contributed by atoms with Crippen LogP contribution in [0.3, 0.4) is 0 Å². The van der Waals surface area contributed by atoms with E-state index in [1.807, 2.05) is 12.1 Å². The Balaban J connectivity index is 2.02. The molecule has 112 valence electrons. The minimum absolute atomic E-state index is 0.462. The fourth-order valence-corrected chi connectivity index (χ4v) is 2.73. The van der Waals surface area contributed by atoms with Crippen LogP contribution in [0.2, 0.25) is 5.02 Å². The van der Waals surface area contributed by atoms with Crippen LogP contribution < -0.4 is 5.32 Å². The van der Waals surface area contributed by atoms with Crippen molar-refractivity contribution in [2.75, 3.05) is 6.54 Å². The van der Waals surface area contributed by atoms with Crippen LogP contribution in [0.4, 0.5) is 0 Å². The van der Waals surface area contributed by atoms with E-state index < -0.39 is 0 Å². The number of nitrogens with one attached hydrogen (secondary N) is 1. The first kappa shape index (κ1) is 16.1. The van der Waals surface area contributed by atoms with E-state index in [4.69, 9.17) is 11.6 Å². The zero-order valence-electron chi connectivity index (χ0n) is 12.9.